The second kappa shape index (κ2) is 4.82. The number of rotatable bonds is 2. The Kier molecular flexibility index (Phi) is 3.20. The molecule has 2 N–H and O–H groups in total. The molecule has 17 heavy (non-hydrogen) atoms. The van der Waals surface area contributed by atoms with Crippen LogP contribution in [0.5, 0.6) is 0 Å². The third-order valence-electron chi connectivity index (χ3n) is 4.27. The van der Waals surface area contributed by atoms with Crippen molar-refractivity contribution in [2.45, 2.75) is 31.3 Å². The van der Waals surface area contributed by atoms with Crippen molar-refractivity contribution in [3.05, 3.63) is 0 Å². The van der Waals surface area contributed by atoms with Crippen LogP contribution in [0.2, 0.25) is 0 Å². The van der Waals surface area contributed by atoms with Gasteiger partial charge in [0.05, 0.1) is 6.04 Å². The van der Waals surface area contributed by atoms with Crippen LogP contribution >= 0.6 is 0 Å². The fourth-order valence-corrected chi connectivity index (χ4v) is 3.19. The summed E-state index contributed by atoms with van der Waals surface area (Å²) in [6.07, 6.45) is 3.26. The molecular weight excluding hydrogens is 218 g/mol. The molecule has 0 bridgehead atoms. The first-order valence-corrected chi connectivity index (χ1v) is 6.70. The Morgan fingerprint density at radius 1 is 1.24 bits per heavy atom. The summed E-state index contributed by atoms with van der Waals surface area (Å²) < 4.78 is 5.38. The van der Waals surface area contributed by atoms with E-state index >= 15 is 0 Å². The second-order valence-corrected chi connectivity index (χ2v) is 5.30. The molecule has 0 aromatic carbocycles. The minimum atomic E-state index is 0.134. The van der Waals surface area contributed by atoms with E-state index in [-0.39, 0.29) is 6.03 Å². The summed E-state index contributed by atoms with van der Waals surface area (Å²) in [6, 6.07) is 0.877. The molecule has 2 amide bonds. The van der Waals surface area contributed by atoms with Crippen LogP contribution in [-0.2, 0) is 4.74 Å². The maximum atomic E-state index is 12.0. The number of urea groups is 1. The highest BCUT2D eigenvalue weighted by atomic mass is 16.5. The second-order valence-electron chi connectivity index (χ2n) is 5.30. The lowest BCUT2D eigenvalue weighted by molar-refractivity contribution is 0.0562. The van der Waals surface area contributed by atoms with E-state index in [2.05, 4.69) is 10.6 Å². The molecule has 0 spiro atoms. The molecule has 0 radical (unpaired) electrons. The van der Waals surface area contributed by atoms with Crippen LogP contribution in [0, 0.1) is 5.92 Å². The molecule has 3 aliphatic rings. The van der Waals surface area contributed by atoms with Crippen LogP contribution in [0.25, 0.3) is 0 Å². The fraction of sp³-hybridized carbons (Fsp3) is 0.917. The first-order valence-electron chi connectivity index (χ1n) is 6.70. The van der Waals surface area contributed by atoms with Crippen LogP contribution in [0.3, 0.4) is 0 Å². The molecule has 0 aromatic rings. The Balaban J connectivity index is 1.60. The molecular formula is C12H21N3O2. The molecule has 3 heterocycles. The molecule has 0 aliphatic carbocycles. The predicted octanol–water partition coefficient (Wildman–Crippen LogP) is 0.169. The molecule has 0 aromatic heterocycles. The molecule has 3 fully saturated rings. The minimum Gasteiger partial charge on any atom is -0.381 e. The minimum absolute atomic E-state index is 0.134. The summed E-state index contributed by atoms with van der Waals surface area (Å²) in [5.41, 5.74) is 0. The van der Waals surface area contributed by atoms with Gasteiger partial charge in [-0.1, -0.05) is 0 Å². The fourth-order valence-electron chi connectivity index (χ4n) is 3.19. The normalized spacial score (nSPS) is 35.3. The largest absolute Gasteiger partial charge is 0.381 e. The van der Waals surface area contributed by atoms with Gasteiger partial charge in [-0.15, -0.1) is 0 Å². The average Bonchev–Trinajstić information content (AvgIpc) is 2.99. The number of ether oxygens (including phenoxy) is 1. The average molecular weight is 239 g/mol. The van der Waals surface area contributed by atoms with E-state index in [9.17, 15) is 4.79 Å². The quantitative estimate of drug-likeness (QED) is 0.722. The molecule has 2 unspecified atom stereocenters. The van der Waals surface area contributed by atoms with Crippen LogP contribution in [0.4, 0.5) is 4.79 Å². The monoisotopic (exact) mass is 239 g/mol. The predicted molar refractivity (Wildman–Crippen MR) is 63.8 cm³/mol. The zero-order valence-corrected chi connectivity index (χ0v) is 10.2. The molecule has 0 saturated carbocycles. The zero-order valence-electron chi connectivity index (χ0n) is 10.2. The Morgan fingerprint density at radius 3 is 2.76 bits per heavy atom. The summed E-state index contributed by atoms with van der Waals surface area (Å²) >= 11 is 0. The van der Waals surface area contributed by atoms with Gasteiger partial charge in [-0.2, -0.15) is 0 Å². The van der Waals surface area contributed by atoms with Gasteiger partial charge in [0.15, 0.2) is 0 Å². The maximum Gasteiger partial charge on any atom is 0.318 e. The van der Waals surface area contributed by atoms with Gasteiger partial charge in [-0.3, -0.25) is 0 Å². The number of nitrogens with one attached hydrogen (secondary N) is 2. The lowest BCUT2D eigenvalue weighted by Crippen LogP contribution is -2.39. The van der Waals surface area contributed by atoms with E-state index in [1.54, 1.807) is 0 Å². The van der Waals surface area contributed by atoms with E-state index in [1.165, 1.54) is 0 Å². The van der Waals surface area contributed by atoms with E-state index in [0.29, 0.717) is 18.0 Å². The first-order chi connectivity index (χ1) is 8.34. The van der Waals surface area contributed by atoms with Crippen molar-refractivity contribution >= 4 is 6.03 Å². The molecule has 3 saturated heterocycles. The Bertz CT molecular complexity index is 285. The highest BCUT2D eigenvalue weighted by molar-refractivity contribution is 5.77. The van der Waals surface area contributed by atoms with Gasteiger partial charge in [0.25, 0.3) is 0 Å². The lowest BCUT2D eigenvalue weighted by atomic mass is 9.92. The summed E-state index contributed by atoms with van der Waals surface area (Å²) in [5.74, 6) is 0.604. The van der Waals surface area contributed by atoms with Crippen molar-refractivity contribution in [1.82, 2.24) is 15.5 Å². The maximum absolute atomic E-state index is 12.0. The van der Waals surface area contributed by atoms with Crippen LogP contribution in [0.15, 0.2) is 0 Å². The lowest BCUT2D eigenvalue weighted by Gasteiger charge is -2.27. The van der Waals surface area contributed by atoms with Crippen molar-refractivity contribution in [2.75, 3.05) is 32.8 Å². The summed E-state index contributed by atoms with van der Waals surface area (Å²) in [5, 5.41) is 6.48. The molecule has 5 heteroatoms. The molecule has 2 atom stereocenters. The van der Waals surface area contributed by atoms with E-state index < -0.39 is 0 Å². The number of carbonyl (C=O) groups excluding carboxylic acids is 1. The smallest absolute Gasteiger partial charge is 0.318 e. The highest BCUT2D eigenvalue weighted by Gasteiger charge is 2.38. The molecule has 3 rings (SSSR count). The third kappa shape index (κ3) is 2.26. The van der Waals surface area contributed by atoms with Gasteiger partial charge in [-0.05, 0) is 31.7 Å². The molecule has 5 nitrogen and oxygen atoms in total. The standard InChI is InChI=1S/C12H21N3O2/c16-12-14-11(9-2-5-17-6-3-9)8-15(12)10-1-4-13-7-10/h9-11,13H,1-8H2,(H,14,16). The van der Waals surface area contributed by atoms with Gasteiger partial charge < -0.3 is 20.3 Å². The van der Waals surface area contributed by atoms with Crippen molar-refractivity contribution in [3.8, 4) is 0 Å². The number of hydrogen-bond acceptors (Lipinski definition) is 3. The molecule has 3 aliphatic heterocycles. The Morgan fingerprint density at radius 2 is 2.06 bits per heavy atom. The molecule has 96 valence electrons. The first kappa shape index (κ1) is 11.3. The number of amides is 2. The number of hydrogen-bond donors (Lipinski definition) is 2. The zero-order chi connectivity index (χ0) is 11.7. The SMILES string of the molecule is O=C1NC(C2CCOCC2)CN1C1CCNC1. The van der Waals surface area contributed by atoms with Gasteiger partial charge in [0.2, 0.25) is 0 Å². The highest BCUT2D eigenvalue weighted by Crippen LogP contribution is 2.24. The van der Waals surface area contributed by atoms with Gasteiger partial charge >= 0.3 is 6.03 Å². The summed E-state index contributed by atoms with van der Waals surface area (Å²) in [6.45, 7) is 4.57. The summed E-state index contributed by atoms with van der Waals surface area (Å²) in [7, 11) is 0. The van der Waals surface area contributed by atoms with E-state index in [1.807, 2.05) is 4.90 Å². The van der Waals surface area contributed by atoms with Crippen molar-refractivity contribution in [1.29, 1.82) is 0 Å². The summed E-state index contributed by atoms with van der Waals surface area (Å²) in [4.78, 5) is 14.0. The number of nitrogens with zero attached hydrogens (tertiary/aromatic N) is 1. The van der Waals surface area contributed by atoms with Crippen molar-refractivity contribution in [3.63, 3.8) is 0 Å². The Hall–Kier alpha value is -0.810. The Labute approximate surface area is 102 Å². The van der Waals surface area contributed by atoms with E-state index in [4.69, 9.17) is 4.74 Å². The van der Waals surface area contributed by atoms with Gasteiger partial charge in [0.1, 0.15) is 0 Å². The van der Waals surface area contributed by atoms with Gasteiger partial charge in [-0.25, -0.2) is 4.79 Å². The van der Waals surface area contributed by atoms with Crippen LogP contribution < -0.4 is 10.6 Å². The van der Waals surface area contributed by atoms with Crippen molar-refractivity contribution < 1.29 is 9.53 Å². The van der Waals surface area contributed by atoms with Crippen molar-refractivity contribution in [2.24, 2.45) is 5.92 Å². The number of carbonyl (C=O) groups is 1. The van der Waals surface area contributed by atoms with E-state index in [0.717, 1.165) is 52.1 Å². The van der Waals surface area contributed by atoms with Crippen LogP contribution in [-0.4, -0.2) is 55.9 Å². The topological polar surface area (TPSA) is 53.6 Å². The van der Waals surface area contributed by atoms with Gasteiger partial charge in [0, 0.05) is 32.3 Å². The van der Waals surface area contributed by atoms with Crippen LogP contribution in [0.1, 0.15) is 19.3 Å². The third-order valence-corrected chi connectivity index (χ3v) is 4.27.